The number of rotatable bonds is 8. The number of carbonyl (C=O) groups is 1. The van der Waals surface area contributed by atoms with Crippen molar-refractivity contribution in [1.29, 1.82) is 0 Å². The van der Waals surface area contributed by atoms with E-state index >= 15 is 0 Å². The standard InChI is InChI=1S/C13H26N2O2/c1-17-10-6-5-9-14-11-13(16)15-12-7-3-2-4-8-12/h12,14H,2-11H2,1H3,(H,15,16). The lowest BCUT2D eigenvalue weighted by Gasteiger charge is -2.22. The number of unbranched alkanes of at least 4 members (excludes halogenated alkanes) is 1. The summed E-state index contributed by atoms with van der Waals surface area (Å²) in [5.74, 6) is 0.142. The molecule has 4 nitrogen and oxygen atoms in total. The number of methoxy groups -OCH3 is 1. The third kappa shape index (κ3) is 7.34. The molecular formula is C13H26N2O2. The van der Waals surface area contributed by atoms with Crippen molar-refractivity contribution in [3.05, 3.63) is 0 Å². The molecule has 0 aromatic heterocycles. The molecule has 0 bridgehead atoms. The van der Waals surface area contributed by atoms with Gasteiger partial charge in [-0.3, -0.25) is 4.79 Å². The highest BCUT2D eigenvalue weighted by Crippen LogP contribution is 2.16. The monoisotopic (exact) mass is 242 g/mol. The van der Waals surface area contributed by atoms with Gasteiger partial charge in [0.1, 0.15) is 0 Å². The average molecular weight is 242 g/mol. The van der Waals surface area contributed by atoms with E-state index in [0.29, 0.717) is 12.6 Å². The maximum Gasteiger partial charge on any atom is 0.234 e. The highest BCUT2D eigenvalue weighted by molar-refractivity contribution is 5.78. The number of hydrogen-bond acceptors (Lipinski definition) is 3. The van der Waals surface area contributed by atoms with Crippen molar-refractivity contribution < 1.29 is 9.53 Å². The summed E-state index contributed by atoms with van der Waals surface area (Å²) in [6, 6.07) is 0.423. The first-order valence-corrected chi connectivity index (χ1v) is 6.82. The molecule has 0 spiro atoms. The summed E-state index contributed by atoms with van der Waals surface area (Å²) in [6.07, 6.45) is 8.26. The fourth-order valence-electron chi connectivity index (χ4n) is 2.22. The molecule has 0 saturated heterocycles. The molecule has 1 aliphatic carbocycles. The van der Waals surface area contributed by atoms with Gasteiger partial charge in [-0.25, -0.2) is 0 Å². The molecule has 0 aromatic rings. The Hall–Kier alpha value is -0.610. The van der Waals surface area contributed by atoms with Crippen molar-refractivity contribution in [3.63, 3.8) is 0 Å². The molecule has 1 aliphatic rings. The highest BCUT2D eigenvalue weighted by Gasteiger charge is 2.14. The molecule has 4 heteroatoms. The summed E-state index contributed by atoms with van der Waals surface area (Å²) in [6.45, 7) is 2.14. The zero-order valence-corrected chi connectivity index (χ0v) is 11.0. The van der Waals surface area contributed by atoms with Crippen molar-refractivity contribution in [2.45, 2.75) is 51.0 Å². The number of amides is 1. The first-order chi connectivity index (χ1) is 8.33. The van der Waals surface area contributed by atoms with Gasteiger partial charge in [-0.15, -0.1) is 0 Å². The lowest BCUT2D eigenvalue weighted by atomic mass is 9.95. The molecule has 1 fully saturated rings. The topological polar surface area (TPSA) is 50.4 Å². The van der Waals surface area contributed by atoms with Crippen LogP contribution in [0.5, 0.6) is 0 Å². The minimum absolute atomic E-state index is 0.142. The minimum Gasteiger partial charge on any atom is -0.385 e. The number of ether oxygens (including phenoxy) is 1. The van der Waals surface area contributed by atoms with Crippen LogP contribution in [0.2, 0.25) is 0 Å². The van der Waals surface area contributed by atoms with Crippen LogP contribution in [0.4, 0.5) is 0 Å². The van der Waals surface area contributed by atoms with Gasteiger partial charge in [0.25, 0.3) is 0 Å². The molecule has 0 aromatic carbocycles. The second-order valence-electron chi connectivity index (χ2n) is 4.78. The van der Waals surface area contributed by atoms with Gasteiger partial charge in [0, 0.05) is 19.8 Å². The van der Waals surface area contributed by atoms with E-state index in [1.54, 1.807) is 7.11 Å². The SMILES string of the molecule is COCCCCNCC(=O)NC1CCCCC1. The largest absolute Gasteiger partial charge is 0.385 e. The van der Waals surface area contributed by atoms with Crippen LogP contribution < -0.4 is 10.6 Å². The molecule has 2 N–H and O–H groups in total. The Kier molecular flexibility index (Phi) is 8.01. The van der Waals surface area contributed by atoms with E-state index in [-0.39, 0.29) is 5.91 Å². The summed E-state index contributed by atoms with van der Waals surface area (Å²) in [7, 11) is 1.71. The smallest absolute Gasteiger partial charge is 0.234 e. The van der Waals surface area contributed by atoms with Crippen LogP contribution in [0.25, 0.3) is 0 Å². The summed E-state index contributed by atoms with van der Waals surface area (Å²) in [4.78, 5) is 11.6. The molecule has 1 rings (SSSR count). The zero-order valence-electron chi connectivity index (χ0n) is 11.0. The van der Waals surface area contributed by atoms with Crippen LogP contribution in [-0.2, 0) is 9.53 Å². The van der Waals surface area contributed by atoms with Gasteiger partial charge < -0.3 is 15.4 Å². The molecule has 17 heavy (non-hydrogen) atoms. The molecule has 0 radical (unpaired) electrons. The second-order valence-corrected chi connectivity index (χ2v) is 4.78. The Balaban J connectivity index is 1.93. The van der Waals surface area contributed by atoms with Crippen molar-refractivity contribution >= 4 is 5.91 Å². The fourth-order valence-corrected chi connectivity index (χ4v) is 2.22. The minimum atomic E-state index is 0.142. The molecule has 0 unspecified atom stereocenters. The molecule has 0 aliphatic heterocycles. The first-order valence-electron chi connectivity index (χ1n) is 6.82. The maximum atomic E-state index is 11.6. The van der Waals surface area contributed by atoms with Gasteiger partial charge in [0.05, 0.1) is 6.54 Å². The van der Waals surface area contributed by atoms with E-state index in [2.05, 4.69) is 10.6 Å². The van der Waals surface area contributed by atoms with Gasteiger partial charge in [0.2, 0.25) is 5.91 Å². The zero-order chi connectivity index (χ0) is 12.3. The summed E-state index contributed by atoms with van der Waals surface area (Å²) in [5, 5.41) is 6.26. The van der Waals surface area contributed by atoms with E-state index in [4.69, 9.17) is 4.74 Å². The van der Waals surface area contributed by atoms with E-state index < -0.39 is 0 Å². The van der Waals surface area contributed by atoms with Crippen molar-refractivity contribution in [2.75, 3.05) is 26.8 Å². The Bertz CT molecular complexity index is 204. The number of carbonyl (C=O) groups excluding carboxylic acids is 1. The second kappa shape index (κ2) is 9.42. The third-order valence-electron chi connectivity index (χ3n) is 3.21. The lowest BCUT2D eigenvalue weighted by molar-refractivity contribution is -0.121. The molecule has 0 heterocycles. The van der Waals surface area contributed by atoms with Gasteiger partial charge in [0.15, 0.2) is 0 Å². The predicted octanol–water partition coefficient (Wildman–Crippen LogP) is 1.45. The summed E-state index contributed by atoms with van der Waals surface area (Å²) < 4.78 is 4.96. The van der Waals surface area contributed by atoms with Crippen molar-refractivity contribution in [2.24, 2.45) is 0 Å². The van der Waals surface area contributed by atoms with Gasteiger partial charge in [-0.2, -0.15) is 0 Å². The van der Waals surface area contributed by atoms with E-state index in [9.17, 15) is 4.79 Å². The Morgan fingerprint density at radius 2 is 2.00 bits per heavy atom. The Labute approximate surface area is 104 Å². The van der Waals surface area contributed by atoms with Crippen molar-refractivity contribution in [1.82, 2.24) is 10.6 Å². The van der Waals surface area contributed by atoms with E-state index in [1.807, 2.05) is 0 Å². The molecule has 0 atom stereocenters. The summed E-state index contributed by atoms with van der Waals surface area (Å²) >= 11 is 0. The van der Waals surface area contributed by atoms with Gasteiger partial charge in [-0.1, -0.05) is 19.3 Å². The highest BCUT2D eigenvalue weighted by atomic mass is 16.5. The molecule has 1 saturated carbocycles. The van der Waals surface area contributed by atoms with E-state index in [0.717, 1.165) is 38.8 Å². The Morgan fingerprint density at radius 3 is 2.71 bits per heavy atom. The average Bonchev–Trinajstić information content (AvgIpc) is 2.35. The third-order valence-corrected chi connectivity index (χ3v) is 3.21. The number of hydrogen-bond donors (Lipinski definition) is 2. The predicted molar refractivity (Wildman–Crippen MR) is 69.0 cm³/mol. The van der Waals surface area contributed by atoms with Crippen LogP contribution in [-0.4, -0.2) is 38.8 Å². The molecule has 100 valence electrons. The molecular weight excluding hydrogens is 216 g/mol. The Morgan fingerprint density at radius 1 is 1.24 bits per heavy atom. The van der Waals surface area contributed by atoms with Crippen LogP contribution in [0.3, 0.4) is 0 Å². The van der Waals surface area contributed by atoms with E-state index in [1.165, 1.54) is 19.3 Å². The first kappa shape index (κ1) is 14.5. The maximum absolute atomic E-state index is 11.6. The summed E-state index contributed by atoms with van der Waals surface area (Å²) in [5.41, 5.74) is 0. The van der Waals surface area contributed by atoms with Crippen LogP contribution in [0, 0.1) is 0 Å². The lowest BCUT2D eigenvalue weighted by Crippen LogP contribution is -2.41. The number of nitrogens with one attached hydrogen (secondary N) is 2. The van der Waals surface area contributed by atoms with Crippen LogP contribution >= 0.6 is 0 Å². The normalized spacial score (nSPS) is 17.0. The molecule has 1 amide bonds. The van der Waals surface area contributed by atoms with Crippen LogP contribution in [0.15, 0.2) is 0 Å². The van der Waals surface area contributed by atoms with Crippen LogP contribution in [0.1, 0.15) is 44.9 Å². The van der Waals surface area contributed by atoms with Crippen molar-refractivity contribution in [3.8, 4) is 0 Å². The van der Waals surface area contributed by atoms with Gasteiger partial charge >= 0.3 is 0 Å². The fraction of sp³-hybridized carbons (Fsp3) is 0.923. The quantitative estimate of drug-likeness (QED) is 0.633. The van der Waals surface area contributed by atoms with Gasteiger partial charge in [-0.05, 0) is 32.2 Å².